The molecule has 22 heavy (non-hydrogen) atoms. The topological polar surface area (TPSA) is 52.3 Å². The third kappa shape index (κ3) is 2.76. The Balaban J connectivity index is 1.87. The summed E-state index contributed by atoms with van der Waals surface area (Å²) in [4.78, 5) is 11.4. The lowest BCUT2D eigenvalue weighted by molar-refractivity contribution is 0.0601. The van der Waals surface area contributed by atoms with Crippen LogP contribution < -0.4 is 0 Å². The van der Waals surface area contributed by atoms with E-state index >= 15 is 0 Å². The quantitative estimate of drug-likeness (QED) is 0.682. The summed E-state index contributed by atoms with van der Waals surface area (Å²) in [6.45, 7) is 2.04. The standard InChI is InChI=1S/C18H15NO3/c1-12-3-5-13(6-4-12)16-11-17(22-19-16)14-7-9-15(10-8-14)18(20)21-2/h3-11H,1-2H3. The molecular formula is C18H15NO3. The number of aromatic nitrogens is 1. The van der Waals surface area contributed by atoms with Gasteiger partial charge in [-0.15, -0.1) is 0 Å². The molecule has 0 fully saturated rings. The number of rotatable bonds is 3. The van der Waals surface area contributed by atoms with Crippen molar-refractivity contribution >= 4 is 5.97 Å². The lowest BCUT2D eigenvalue weighted by Gasteiger charge is -1.99. The number of hydrogen-bond acceptors (Lipinski definition) is 4. The Hall–Kier alpha value is -2.88. The van der Waals surface area contributed by atoms with Gasteiger partial charge >= 0.3 is 5.97 Å². The van der Waals surface area contributed by atoms with Crippen LogP contribution in [0.25, 0.3) is 22.6 Å². The molecule has 0 saturated carbocycles. The van der Waals surface area contributed by atoms with Gasteiger partial charge in [0.25, 0.3) is 0 Å². The fourth-order valence-electron chi connectivity index (χ4n) is 2.16. The van der Waals surface area contributed by atoms with E-state index in [9.17, 15) is 4.79 Å². The molecular weight excluding hydrogens is 278 g/mol. The molecule has 0 radical (unpaired) electrons. The van der Waals surface area contributed by atoms with E-state index in [1.807, 2.05) is 49.4 Å². The fourth-order valence-corrected chi connectivity index (χ4v) is 2.16. The Morgan fingerprint density at radius 3 is 2.27 bits per heavy atom. The molecule has 1 heterocycles. The largest absolute Gasteiger partial charge is 0.465 e. The Bertz CT molecular complexity index is 786. The van der Waals surface area contributed by atoms with Gasteiger partial charge in [-0.1, -0.05) is 47.1 Å². The highest BCUT2D eigenvalue weighted by molar-refractivity contribution is 5.89. The van der Waals surface area contributed by atoms with Crippen molar-refractivity contribution in [2.24, 2.45) is 0 Å². The number of hydrogen-bond donors (Lipinski definition) is 0. The molecule has 0 N–H and O–H groups in total. The summed E-state index contributed by atoms with van der Waals surface area (Å²) in [5, 5.41) is 4.10. The summed E-state index contributed by atoms with van der Waals surface area (Å²) < 4.78 is 10.1. The van der Waals surface area contributed by atoms with Crippen LogP contribution in [0.15, 0.2) is 59.1 Å². The van der Waals surface area contributed by atoms with Gasteiger partial charge in [0.15, 0.2) is 5.76 Å². The number of ether oxygens (including phenoxy) is 1. The van der Waals surface area contributed by atoms with Crippen molar-refractivity contribution in [2.75, 3.05) is 7.11 Å². The van der Waals surface area contributed by atoms with E-state index in [-0.39, 0.29) is 5.97 Å². The average molecular weight is 293 g/mol. The zero-order valence-corrected chi connectivity index (χ0v) is 12.4. The van der Waals surface area contributed by atoms with Crippen LogP contribution in [0.5, 0.6) is 0 Å². The first-order valence-corrected chi connectivity index (χ1v) is 6.90. The minimum absolute atomic E-state index is 0.357. The number of methoxy groups -OCH3 is 1. The van der Waals surface area contributed by atoms with E-state index < -0.39 is 0 Å². The van der Waals surface area contributed by atoms with Gasteiger partial charge in [-0.05, 0) is 19.1 Å². The monoisotopic (exact) mass is 293 g/mol. The molecule has 3 aromatic rings. The van der Waals surface area contributed by atoms with Gasteiger partial charge < -0.3 is 9.26 Å². The molecule has 2 aromatic carbocycles. The van der Waals surface area contributed by atoms with E-state index in [1.165, 1.54) is 12.7 Å². The lowest BCUT2D eigenvalue weighted by atomic mass is 10.1. The summed E-state index contributed by atoms with van der Waals surface area (Å²) in [7, 11) is 1.36. The maximum atomic E-state index is 11.4. The molecule has 0 aliphatic heterocycles. The van der Waals surface area contributed by atoms with Crippen LogP contribution in [-0.4, -0.2) is 18.2 Å². The van der Waals surface area contributed by atoms with Crippen LogP contribution >= 0.6 is 0 Å². The van der Waals surface area contributed by atoms with Crippen molar-refractivity contribution in [1.82, 2.24) is 5.16 Å². The molecule has 0 unspecified atom stereocenters. The van der Waals surface area contributed by atoms with Crippen LogP contribution in [0.1, 0.15) is 15.9 Å². The third-order valence-corrected chi connectivity index (χ3v) is 3.45. The van der Waals surface area contributed by atoms with Crippen LogP contribution in [-0.2, 0) is 4.74 Å². The van der Waals surface area contributed by atoms with Gasteiger partial charge in [0.1, 0.15) is 5.69 Å². The minimum atomic E-state index is -0.357. The Morgan fingerprint density at radius 1 is 1.00 bits per heavy atom. The van der Waals surface area contributed by atoms with Gasteiger partial charge in [-0.3, -0.25) is 0 Å². The predicted molar refractivity (Wildman–Crippen MR) is 83.5 cm³/mol. The highest BCUT2D eigenvalue weighted by Crippen LogP contribution is 2.26. The predicted octanol–water partition coefficient (Wildman–Crippen LogP) is 4.10. The molecule has 0 atom stereocenters. The van der Waals surface area contributed by atoms with Crippen molar-refractivity contribution < 1.29 is 14.1 Å². The first-order chi connectivity index (χ1) is 10.7. The van der Waals surface area contributed by atoms with Gasteiger partial charge in [0.05, 0.1) is 12.7 Å². The number of carbonyl (C=O) groups is 1. The molecule has 4 nitrogen and oxygen atoms in total. The van der Waals surface area contributed by atoms with Crippen molar-refractivity contribution in [3.8, 4) is 22.6 Å². The highest BCUT2D eigenvalue weighted by atomic mass is 16.5. The summed E-state index contributed by atoms with van der Waals surface area (Å²) in [6.07, 6.45) is 0. The molecule has 110 valence electrons. The van der Waals surface area contributed by atoms with E-state index in [0.717, 1.165) is 16.8 Å². The second kappa shape index (κ2) is 5.85. The number of esters is 1. The number of carbonyl (C=O) groups excluding carboxylic acids is 1. The smallest absolute Gasteiger partial charge is 0.337 e. The third-order valence-electron chi connectivity index (χ3n) is 3.45. The average Bonchev–Trinajstić information content (AvgIpc) is 3.05. The Kier molecular flexibility index (Phi) is 3.74. The van der Waals surface area contributed by atoms with Crippen LogP contribution in [0.2, 0.25) is 0 Å². The highest BCUT2D eigenvalue weighted by Gasteiger charge is 2.10. The van der Waals surface area contributed by atoms with Crippen molar-refractivity contribution in [3.05, 3.63) is 65.7 Å². The van der Waals surface area contributed by atoms with Crippen molar-refractivity contribution in [3.63, 3.8) is 0 Å². The normalized spacial score (nSPS) is 10.5. The minimum Gasteiger partial charge on any atom is -0.465 e. The first-order valence-electron chi connectivity index (χ1n) is 6.90. The van der Waals surface area contributed by atoms with Gasteiger partial charge in [0, 0.05) is 17.2 Å². The zero-order chi connectivity index (χ0) is 15.5. The van der Waals surface area contributed by atoms with E-state index in [1.54, 1.807) is 12.1 Å². The number of benzene rings is 2. The van der Waals surface area contributed by atoms with E-state index in [2.05, 4.69) is 9.89 Å². The van der Waals surface area contributed by atoms with Crippen LogP contribution in [0.3, 0.4) is 0 Å². The molecule has 0 saturated heterocycles. The Morgan fingerprint density at radius 2 is 1.64 bits per heavy atom. The molecule has 0 spiro atoms. The van der Waals surface area contributed by atoms with Gasteiger partial charge in [-0.25, -0.2) is 4.79 Å². The van der Waals surface area contributed by atoms with Crippen LogP contribution in [0, 0.1) is 6.92 Å². The molecule has 0 aliphatic rings. The van der Waals surface area contributed by atoms with E-state index in [0.29, 0.717) is 11.3 Å². The van der Waals surface area contributed by atoms with Gasteiger partial charge in [0.2, 0.25) is 0 Å². The molecule has 0 aliphatic carbocycles. The molecule has 3 rings (SSSR count). The molecule has 0 amide bonds. The number of aryl methyl sites for hydroxylation is 1. The molecule has 0 bridgehead atoms. The lowest BCUT2D eigenvalue weighted by Crippen LogP contribution is -2.00. The first kappa shape index (κ1) is 14.1. The van der Waals surface area contributed by atoms with Gasteiger partial charge in [-0.2, -0.15) is 0 Å². The number of nitrogens with zero attached hydrogens (tertiary/aromatic N) is 1. The van der Waals surface area contributed by atoms with Crippen LogP contribution in [0.4, 0.5) is 0 Å². The molecule has 1 aromatic heterocycles. The van der Waals surface area contributed by atoms with Crippen molar-refractivity contribution in [1.29, 1.82) is 0 Å². The Labute approximate surface area is 128 Å². The zero-order valence-electron chi connectivity index (χ0n) is 12.4. The fraction of sp³-hybridized carbons (Fsp3) is 0.111. The molecule has 4 heteroatoms. The summed E-state index contributed by atoms with van der Waals surface area (Å²) in [5.41, 5.74) is 4.35. The van der Waals surface area contributed by atoms with Crippen molar-refractivity contribution in [2.45, 2.75) is 6.92 Å². The summed E-state index contributed by atoms with van der Waals surface area (Å²) in [6, 6.07) is 17.0. The SMILES string of the molecule is COC(=O)c1ccc(-c2cc(-c3ccc(C)cc3)no2)cc1. The second-order valence-corrected chi connectivity index (χ2v) is 5.01. The summed E-state index contributed by atoms with van der Waals surface area (Å²) in [5.74, 6) is 0.302. The van der Waals surface area contributed by atoms with E-state index in [4.69, 9.17) is 4.52 Å². The maximum Gasteiger partial charge on any atom is 0.337 e. The maximum absolute atomic E-state index is 11.4. The summed E-state index contributed by atoms with van der Waals surface area (Å²) >= 11 is 0. The second-order valence-electron chi connectivity index (χ2n) is 5.01.